The van der Waals surface area contributed by atoms with Crippen molar-refractivity contribution in [2.24, 2.45) is 0 Å². The number of nitrogens with zero attached hydrogens (tertiary/aromatic N) is 2. The quantitative estimate of drug-likeness (QED) is 0.464. The van der Waals surface area contributed by atoms with Crippen LogP contribution in [0.4, 0.5) is 18.9 Å². The van der Waals surface area contributed by atoms with Gasteiger partial charge < -0.3 is 0 Å². The number of pyridine rings is 1. The molecule has 0 aliphatic rings. The topological polar surface area (TPSA) is 56.0 Å². The molecule has 82 valence electrons. The van der Waals surface area contributed by atoms with E-state index in [1.807, 2.05) is 0 Å². The summed E-state index contributed by atoms with van der Waals surface area (Å²) in [5.74, 6) is -1.50. The summed E-state index contributed by atoms with van der Waals surface area (Å²) in [5, 5.41) is 10.3. The van der Waals surface area contributed by atoms with Gasteiger partial charge in [0.1, 0.15) is 0 Å². The van der Waals surface area contributed by atoms with Crippen LogP contribution in [0.25, 0.3) is 0 Å². The average Bonchev–Trinajstić information content (AvgIpc) is 2.16. The summed E-state index contributed by atoms with van der Waals surface area (Å²) < 4.78 is 37.6. The van der Waals surface area contributed by atoms with Crippen molar-refractivity contribution >= 4 is 17.3 Å². The summed E-state index contributed by atoms with van der Waals surface area (Å²) in [6.45, 7) is 0. The highest BCUT2D eigenvalue weighted by molar-refractivity contribution is 6.16. The number of hydrogen-bond acceptors (Lipinski definition) is 3. The van der Waals surface area contributed by atoms with E-state index in [0.717, 1.165) is 0 Å². The summed E-state index contributed by atoms with van der Waals surface area (Å²) in [5.41, 5.74) is -2.55. The van der Waals surface area contributed by atoms with E-state index in [4.69, 9.17) is 11.6 Å². The van der Waals surface area contributed by atoms with Gasteiger partial charge in [-0.05, 0) is 0 Å². The van der Waals surface area contributed by atoms with Crippen molar-refractivity contribution in [3.8, 4) is 0 Å². The third kappa shape index (κ3) is 2.35. The van der Waals surface area contributed by atoms with Crippen LogP contribution in [-0.4, -0.2) is 9.91 Å². The van der Waals surface area contributed by atoms with Crippen molar-refractivity contribution < 1.29 is 18.1 Å². The molecule has 0 aliphatic carbocycles. The Morgan fingerprint density at radius 2 is 2.20 bits per heavy atom. The third-order valence-corrected chi connectivity index (χ3v) is 1.84. The monoisotopic (exact) mass is 240 g/mol. The van der Waals surface area contributed by atoms with Gasteiger partial charge in [-0.1, -0.05) is 0 Å². The molecular weight excluding hydrogens is 237 g/mol. The lowest BCUT2D eigenvalue weighted by Crippen LogP contribution is -2.04. The van der Waals surface area contributed by atoms with Gasteiger partial charge in [0.2, 0.25) is 0 Å². The largest absolute Gasteiger partial charge is 0.299 e. The molecule has 1 heterocycles. The van der Waals surface area contributed by atoms with E-state index >= 15 is 0 Å². The molecule has 0 fully saturated rings. The molecule has 0 N–H and O–H groups in total. The standard InChI is InChI=1S/C7H4ClF3N2O2/c8-2-4-3(9)1-5(13(14)15)6(12-4)7(10)11/h1,7H,2H2. The highest BCUT2D eigenvalue weighted by atomic mass is 35.5. The maximum absolute atomic E-state index is 13.0. The Labute approximate surface area is 86.8 Å². The third-order valence-electron chi connectivity index (χ3n) is 1.59. The Balaban J connectivity index is 3.38. The van der Waals surface area contributed by atoms with Crippen LogP contribution in [0, 0.1) is 15.9 Å². The lowest BCUT2D eigenvalue weighted by Gasteiger charge is -2.03. The number of nitro groups is 1. The Bertz CT molecular complexity index is 400. The molecule has 0 atom stereocenters. The number of aromatic nitrogens is 1. The predicted octanol–water partition coefficient (Wildman–Crippen LogP) is 2.81. The second kappa shape index (κ2) is 4.43. The lowest BCUT2D eigenvalue weighted by atomic mass is 10.2. The highest BCUT2D eigenvalue weighted by Crippen LogP contribution is 2.28. The first-order valence-corrected chi connectivity index (χ1v) is 4.18. The van der Waals surface area contributed by atoms with Crippen LogP contribution in [0.2, 0.25) is 0 Å². The van der Waals surface area contributed by atoms with E-state index in [9.17, 15) is 23.3 Å². The molecule has 4 nitrogen and oxygen atoms in total. The molecule has 0 radical (unpaired) electrons. The van der Waals surface area contributed by atoms with E-state index in [2.05, 4.69) is 4.98 Å². The molecule has 0 aliphatic heterocycles. The van der Waals surface area contributed by atoms with Gasteiger partial charge in [-0.2, -0.15) is 0 Å². The molecule has 1 aromatic heterocycles. The van der Waals surface area contributed by atoms with Gasteiger partial charge in [0.05, 0.1) is 22.6 Å². The smallest absolute Gasteiger partial charge is 0.258 e. The molecular formula is C7H4ClF3N2O2. The zero-order chi connectivity index (χ0) is 11.6. The molecule has 15 heavy (non-hydrogen) atoms. The van der Waals surface area contributed by atoms with E-state index in [0.29, 0.717) is 6.07 Å². The molecule has 1 rings (SSSR count). The van der Waals surface area contributed by atoms with Crippen LogP contribution in [-0.2, 0) is 5.88 Å². The Morgan fingerprint density at radius 1 is 1.60 bits per heavy atom. The van der Waals surface area contributed by atoms with Gasteiger partial charge in [-0.15, -0.1) is 11.6 Å². The minimum absolute atomic E-state index is 0.395. The molecule has 0 saturated heterocycles. The maximum atomic E-state index is 13.0. The Hall–Kier alpha value is -1.37. The number of rotatable bonds is 3. The van der Waals surface area contributed by atoms with E-state index in [1.54, 1.807) is 0 Å². The highest BCUT2D eigenvalue weighted by Gasteiger charge is 2.26. The fourth-order valence-electron chi connectivity index (χ4n) is 0.934. The van der Waals surface area contributed by atoms with Crippen molar-refractivity contribution in [1.29, 1.82) is 0 Å². The summed E-state index contributed by atoms with van der Waals surface area (Å²) in [6.07, 6.45) is -3.15. The second-order valence-electron chi connectivity index (χ2n) is 2.51. The summed E-state index contributed by atoms with van der Waals surface area (Å²) >= 11 is 5.22. The number of halogens is 4. The Morgan fingerprint density at radius 3 is 2.60 bits per heavy atom. The van der Waals surface area contributed by atoms with Gasteiger partial charge in [0, 0.05) is 0 Å². The van der Waals surface area contributed by atoms with Crippen molar-refractivity contribution in [2.75, 3.05) is 0 Å². The van der Waals surface area contributed by atoms with Gasteiger partial charge in [0.25, 0.3) is 12.1 Å². The lowest BCUT2D eigenvalue weighted by molar-refractivity contribution is -0.386. The van der Waals surface area contributed by atoms with E-state index < -0.39 is 40.1 Å². The molecule has 0 aromatic carbocycles. The summed E-state index contributed by atoms with van der Waals surface area (Å²) in [6, 6.07) is 0.395. The van der Waals surface area contributed by atoms with E-state index in [-0.39, 0.29) is 0 Å². The first-order chi connectivity index (χ1) is 6.97. The summed E-state index contributed by atoms with van der Waals surface area (Å²) in [4.78, 5) is 12.3. The average molecular weight is 241 g/mol. The SMILES string of the molecule is O=[N+]([O-])c1cc(F)c(CCl)nc1C(F)F. The first kappa shape index (κ1) is 11.7. The molecule has 0 bridgehead atoms. The minimum Gasteiger partial charge on any atom is -0.258 e. The minimum atomic E-state index is -3.15. The number of hydrogen-bond donors (Lipinski definition) is 0. The number of alkyl halides is 3. The van der Waals surface area contributed by atoms with Gasteiger partial charge in [-0.3, -0.25) is 10.1 Å². The van der Waals surface area contributed by atoms with Crippen LogP contribution < -0.4 is 0 Å². The van der Waals surface area contributed by atoms with Gasteiger partial charge in [0.15, 0.2) is 11.5 Å². The van der Waals surface area contributed by atoms with Crippen molar-refractivity contribution in [2.45, 2.75) is 12.3 Å². The molecule has 0 unspecified atom stereocenters. The zero-order valence-corrected chi connectivity index (χ0v) is 7.84. The first-order valence-electron chi connectivity index (χ1n) is 3.65. The van der Waals surface area contributed by atoms with Crippen LogP contribution in [0.5, 0.6) is 0 Å². The van der Waals surface area contributed by atoms with Crippen molar-refractivity contribution in [3.63, 3.8) is 0 Å². The van der Waals surface area contributed by atoms with Crippen LogP contribution in [0.3, 0.4) is 0 Å². The zero-order valence-electron chi connectivity index (χ0n) is 7.08. The fourth-order valence-corrected chi connectivity index (χ4v) is 1.12. The molecule has 1 aromatic rings. The summed E-state index contributed by atoms with van der Waals surface area (Å²) in [7, 11) is 0. The van der Waals surface area contributed by atoms with Gasteiger partial charge >= 0.3 is 0 Å². The van der Waals surface area contributed by atoms with Gasteiger partial charge in [-0.25, -0.2) is 18.2 Å². The van der Waals surface area contributed by atoms with Crippen LogP contribution >= 0.6 is 11.6 Å². The Kier molecular flexibility index (Phi) is 3.46. The van der Waals surface area contributed by atoms with E-state index in [1.165, 1.54) is 0 Å². The van der Waals surface area contributed by atoms with Crippen molar-refractivity contribution in [3.05, 3.63) is 33.4 Å². The maximum Gasteiger partial charge on any atom is 0.299 e. The molecule has 0 spiro atoms. The predicted molar refractivity (Wildman–Crippen MR) is 45.4 cm³/mol. The second-order valence-corrected chi connectivity index (χ2v) is 2.78. The fraction of sp³-hybridized carbons (Fsp3) is 0.286. The molecule has 0 saturated carbocycles. The normalized spacial score (nSPS) is 10.7. The van der Waals surface area contributed by atoms with Crippen LogP contribution in [0.15, 0.2) is 6.07 Å². The molecule has 8 heteroatoms. The van der Waals surface area contributed by atoms with Crippen molar-refractivity contribution in [1.82, 2.24) is 4.98 Å². The molecule has 0 amide bonds. The van der Waals surface area contributed by atoms with Crippen LogP contribution in [0.1, 0.15) is 17.8 Å².